The Morgan fingerprint density at radius 1 is 1.22 bits per heavy atom. The van der Waals surface area contributed by atoms with Crippen LogP contribution in [0.2, 0.25) is 0 Å². The normalized spacial score (nSPS) is 19.6. The van der Waals surface area contributed by atoms with Gasteiger partial charge in [-0.2, -0.15) is 0 Å². The Balaban J connectivity index is 2.15. The summed E-state index contributed by atoms with van der Waals surface area (Å²) in [4.78, 5) is 14.3. The fraction of sp³-hybridized carbons (Fsp3) is 0.929. The Bertz CT molecular complexity index is 254. The first-order valence-corrected chi connectivity index (χ1v) is 7.16. The molecule has 1 fully saturated rings. The third-order valence-electron chi connectivity index (χ3n) is 3.22. The van der Waals surface area contributed by atoms with Gasteiger partial charge < -0.3 is 15.5 Å². The van der Waals surface area contributed by atoms with Crippen molar-refractivity contribution in [3.63, 3.8) is 0 Å². The molecule has 1 aliphatic heterocycles. The summed E-state index contributed by atoms with van der Waals surface area (Å²) in [7, 11) is 0. The van der Waals surface area contributed by atoms with Gasteiger partial charge in [-0.05, 0) is 53.6 Å². The van der Waals surface area contributed by atoms with E-state index < -0.39 is 0 Å². The van der Waals surface area contributed by atoms with E-state index in [1.807, 2.05) is 27.7 Å². The summed E-state index contributed by atoms with van der Waals surface area (Å²) in [5.74, 6) is 0.0844. The second kappa shape index (κ2) is 7.10. The third kappa shape index (κ3) is 6.36. The first kappa shape index (κ1) is 15.4. The summed E-state index contributed by atoms with van der Waals surface area (Å²) in [6.07, 6.45) is 4.01. The van der Waals surface area contributed by atoms with Gasteiger partial charge in [0.15, 0.2) is 0 Å². The van der Waals surface area contributed by atoms with Crippen LogP contribution < -0.4 is 10.6 Å². The Kier molecular flexibility index (Phi) is 6.09. The molecular formula is C14H29N3O. The molecule has 1 saturated heterocycles. The Morgan fingerprint density at radius 2 is 1.83 bits per heavy atom. The largest absolute Gasteiger partial charge is 0.350 e. The van der Waals surface area contributed by atoms with E-state index in [4.69, 9.17) is 0 Å². The number of hydrogen-bond acceptors (Lipinski definition) is 3. The SMILES string of the molecule is CC(NCCN1CCCCC1)C(=O)NC(C)(C)C. The number of likely N-dealkylation sites (tertiary alicyclic amines) is 1. The minimum atomic E-state index is -0.153. The Morgan fingerprint density at radius 3 is 2.39 bits per heavy atom. The number of carbonyl (C=O) groups is 1. The van der Waals surface area contributed by atoms with Crippen molar-refractivity contribution in [1.82, 2.24) is 15.5 Å². The maximum atomic E-state index is 11.9. The molecule has 4 heteroatoms. The number of piperidine rings is 1. The van der Waals surface area contributed by atoms with Crippen molar-refractivity contribution in [2.24, 2.45) is 0 Å². The first-order valence-electron chi connectivity index (χ1n) is 7.16. The highest BCUT2D eigenvalue weighted by atomic mass is 16.2. The molecule has 1 aliphatic rings. The van der Waals surface area contributed by atoms with Gasteiger partial charge in [0.25, 0.3) is 0 Å². The summed E-state index contributed by atoms with van der Waals surface area (Å²) < 4.78 is 0. The summed E-state index contributed by atoms with van der Waals surface area (Å²) in [6.45, 7) is 12.3. The number of amides is 1. The van der Waals surface area contributed by atoms with Gasteiger partial charge in [0.1, 0.15) is 0 Å². The van der Waals surface area contributed by atoms with Gasteiger partial charge in [-0.1, -0.05) is 6.42 Å². The average Bonchev–Trinajstić information content (AvgIpc) is 2.28. The van der Waals surface area contributed by atoms with Crippen LogP contribution in [0.15, 0.2) is 0 Å². The van der Waals surface area contributed by atoms with Gasteiger partial charge >= 0.3 is 0 Å². The molecule has 18 heavy (non-hydrogen) atoms. The molecule has 0 saturated carbocycles. The smallest absolute Gasteiger partial charge is 0.237 e. The predicted molar refractivity (Wildman–Crippen MR) is 75.7 cm³/mol. The number of carbonyl (C=O) groups excluding carboxylic acids is 1. The predicted octanol–water partition coefficient (Wildman–Crippen LogP) is 1.37. The zero-order valence-electron chi connectivity index (χ0n) is 12.4. The highest BCUT2D eigenvalue weighted by Gasteiger charge is 2.19. The fourth-order valence-corrected chi connectivity index (χ4v) is 2.19. The molecule has 0 aromatic rings. The van der Waals surface area contributed by atoms with Crippen molar-refractivity contribution in [1.29, 1.82) is 0 Å². The lowest BCUT2D eigenvalue weighted by atomic mass is 10.1. The van der Waals surface area contributed by atoms with Gasteiger partial charge in [0.2, 0.25) is 5.91 Å². The number of hydrogen-bond donors (Lipinski definition) is 2. The first-order chi connectivity index (χ1) is 8.38. The maximum absolute atomic E-state index is 11.9. The van der Waals surface area contributed by atoms with E-state index in [0.717, 1.165) is 13.1 Å². The minimum absolute atomic E-state index is 0.0844. The standard InChI is InChI=1S/C14H29N3O/c1-12(13(18)16-14(2,3)4)15-8-11-17-9-6-5-7-10-17/h12,15H,5-11H2,1-4H3,(H,16,18). The van der Waals surface area contributed by atoms with Crippen molar-refractivity contribution in [3.05, 3.63) is 0 Å². The summed E-state index contributed by atoms with van der Waals surface area (Å²) in [5.41, 5.74) is -0.153. The topological polar surface area (TPSA) is 44.4 Å². The van der Waals surface area contributed by atoms with Crippen molar-refractivity contribution >= 4 is 5.91 Å². The van der Waals surface area contributed by atoms with Crippen molar-refractivity contribution in [2.45, 2.75) is 58.5 Å². The molecule has 4 nitrogen and oxygen atoms in total. The molecule has 0 radical (unpaired) electrons. The molecule has 0 aromatic carbocycles. The Hall–Kier alpha value is -0.610. The van der Waals surface area contributed by atoms with Crippen LogP contribution in [0, 0.1) is 0 Å². The molecule has 106 valence electrons. The summed E-state index contributed by atoms with van der Waals surface area (Å²) in [6, 6.07) is -0.117. The van der Waals surface area contributed by atoms with E-state index in [9.17, 15) is 4.79 Å². The van der Waals surface area contributed by atoms with Gasteiger partial charge in [-0.3, -0.25) is 4.79 Å². The minimum Gasteiger partial charge on any atom is -0.350 e. The lowest BCUT2D eigenvalue weighted by Crippen LogP contribution is -2.50. The molecular weight excluding hydrogens is 226 g/mol. The van der Waals surface area contributed by atoms with E-state index in [2.05, 4.69) is 15.5 Å². The highest BCUT2D eigenvalue weighted by Crippen LogP contribution is 2.07. The molecule has 0 aromatic heterocycles. The van der Waals surface area contributed by atoms with Gasteiger partial charge in [0, 0.05) is 18.6 Å². The van der Waals surface area contributed by atoms with E-state index in [1.54, 1.807) is 0 Å². The van der Waals surface area contributed by atoms with E-state index >= 15 is 0 Å². The summed E-state index contributed by atoms with van der Waals surface area (Å²) in [5, 5.41) is 6.29. The second-order valence-corrected chi connectivity index (χ2v) is 6.32. The lowest BCUT2D eigenvalue weighted by Gasteiger charge is -2.27. The molecule has 1 unspecified atom stereocenters. The average molecular weight is 255 g/mol. The van der Waals surface area contributed by atoms with E-state index in [-0.39, 0.29) is 17.5 Å². The van der Waals surface area contributed by atoms with Gasteiger partial charge in [-0.25, -0.2) is 0 Å². The molecule has 1 atom stereocenters. The monoisotopic (exact) mass is 255 g/mol. The van der Waals surface area contributed by atoms with E-state index in [1.165, 1.54) is 32.4 Å². The maximum Gasteiger partial charge on any atom is 0.237 e. The van der Waals surface area contributed by atoms with Crippen molar-refractivity contribution in [3.8, 4) is 0 Å². The second-order valence-electron chi connectivity index (χ2n) is 6.32. The van der Waals surface area contributed by atoms with Gasteiger partial charge in [0.05, 0.1) is 6.04 Å². The number of nitrogens with one attached hydrogen (secondary N) is 2. The number of rotatable bonds is 5. The Labute approximate surface area is 111 Å². The number of nitrogens with zero attached hydrogens (tertiary/aromatic N) is 1. The van der Waals surface area contributed by atoms with Crippen LogP contribution in [-0.2, 0) is 4.79 Å². The molecule has 1 amide bonds. The zero-order valence-corrected chi connectivity index (χ0v) is 12.4. The quantitative estimate of drug-likeness (QED) is 0.780. The van der Waals surface area contributed by atoms with Crippen molar-refractivity contribution in [2.75, 3.05) is 26.2 Å². The summed E-state index contributed by atoms with van der Waals surface area (Å²) >= 11 is 0. The van der Waals surface area contributed by atoms with Crippen LogP contribution >= 0.6 is 0 Å². The molecule has 2 N–H and O–H groups in total. The zero-order chi connectivity index (χ0) is 13.6. The molecule has 0 bridgehead atoms. The lowest BCUT2D eigenvalue weighted by molar-refractivity contribution is -0.124. The van der Waals surface area contributed by atoms with Gasteiger partial charge in [-0.15, -0.1) is 0 Å². The molecule has 0 spiro atoms. The van der Waals surface area contributed by atoms with Crippen LogP contribution in [-0.4, -0.2) is 48.6 Å². The van der Waals surface area contributed by atoms with Crippen LogP contribution in [0.4, 0.5) is 0 Å². The van der Waals surface area contributed by atoms with Crippen LogP contribution in [0.1, 0.15) is 47.0 Å². The molecule has 0 aliphatic carbocycles. The molecule has 1 heterocycles. The fourth-order valence-electron chi connectivity index (χ4n) is 2.19. The third-order valence-corrected chi connectivity index (χ3v) is 3.22. The van der Waals surface area contributed by atoms with Crippen LogP contribution in [0.25, 0.3) is 0 Å². The van der Waals surface area contributed by atoms with Crippen molar-refractivity contribution < 1.29 is 4.79 Å². The highest BCUT2D eigenvalue weighted by molar-refractivity contribution is 5.81. The molecule has 1 rings (SSSR count). The van der Waals surface area contributed by atoms with E-state index in [0.29, 0.717) is 0 Å². The van der Waals surface area contributed by atoms with Crippen LogP contribution in [0.5, 0.6) is 0 Å². The van der Waals surface area contributed by atoms with Crippen LogP contribution in [0.3, 0.4) is 0 Å².